The van der Waals surface area contributed by atoms with Gasteiger partial charge in [0, 0.05) is 9.85 Å². The van der Waals surface area contributed by atoms with Crippen molar-refractivity contribution in [1.82, 2.24) is 4.90 Å². The van der Waals surface area contributed by atoms with Crippen molar-refractivity contribution >= 4 is 33.0 Å². The van der Waals surface area contributed by atoms with Gasteiger partial charge in [-0.05, 0) is 54.3 Å². The number of halogens is 1. The van der Waals surface area contributed by atoms with Crippen molar-refractivity contribution in [1.29, 1.82) is 0 Å². The second kappa shape index (κ2) is 6.12. The maximum Gasteiger partial charge on any atom is 0.189 e. The highest BCUT2D eigenvalue weighted by molar-refractivity contribution is 9.10. The quantitative estimate of drug-likeness (QED) is 0.767. The molecule has 0 aromatic carbocycles. The van der Waals surface area contributed by atoms with Gasteiger partial charge in [0.2, 0.25) is 0 Å². The first-order chi connectivity index (χ1) is 8.22. The van der Waals surface area contributed by atoms with Crippen LogP contribution in [0.4, 0.5) is 0 Å². The van der Waals surface area contributed by atoms with Crippen molar-refractivity contribution in [2.75, 3.05) is 13.1 Å². The van der Waals surface area contributed by atoms with Crippen molar-refractivity contribution in [3.63, 3.8) is 0 Å². The van der Waals surface area contributed by atoms with Crippen LogP contribution in [0.5, 0.6) is 0 Å². The van der Waals surface area contributed by atoms with E-state index in [9.17, 15) is 4.79 Å². The molecule has 2 nitrogen and oxygen atoms in total. The molecule has 0 amide bonds. The van der Waals surface area contributed by atoms with Gasteiger partial charge in [-0.2, -0.15) is 0 Å². The molecule has 1 aromatic rings. The zero-order valence-electron chi connectivity index (χ0n) is 10.1. The summed E-state index contributed by atoms with van der Waals surface area (Å²) in [6, 6.07) is 2.05. The average molecular weight is 316 g/mol. The first-order valence-electron chi connectivity index (χ1n) is 6.24. The van der Waals surface area contributed by atoms with E-state index in [1.54, 1.807) is 11.3 Å². The lowest BCUT2D eigenvalue weighted by Crippen LogP contribution is -2.39. The normalized spacial score (nSPS) is 18.5. The Morgan fingerprint density at radius 3 is 2.76 bits per heavy atom. The minimum atomic E-state index is 0.105. The summed E-state index contributed by atoms with van der Waals surface area (Å²) in [4.78, 5) is 15.7. The minimum absolute atomic E-state index is 0.105. The molecular formula is C13H18BrNOS. The molecule has 0 aliphatic carbocycles. The van der Waals surface area contributed by atoms with Crippen LogP contribution >= 0.6 is 27.3 Å². The largest absolute Gasteiger partial charge is 0.293 e. The van der Waals surface area contributed by atoms with Crippen molar-refractivity contribution in [2.24, 2.45) is 0 Å². The number of hydrogen-bond acceptors (Lipinski definition) is 3. The van der Waals surface area contributed by atoms with E-state index in [1.165, 1.54) is 12.8 Å². The first-order valence-corrected chi connectivity index (χ1v) is 7.92. The molecule has 17 heavy (non-hydrogen) atoms. The van der Waals surface area contributed by atoms with E-state index < -0.39 is 0 Å². The van der Waals surface area contributed by atoms with Crippen LogP contribution in [0.25, 0.3) is 0 Å². The number of carbonyl (C=O) groups excluding carboxylic acids is 1. The van der Waals surface area contributed by atoms with Crippen LogP contribution in [0.15, 0.2) is 15.9 Å². The van der Waals surface area contributed by atoms with Crippen LogP contribution < -0.4 is 0 Å². The van der Waals surface area contributed by atoms with Crippen molar-refractivity contribution in [3.8, 4) is 0 Å². The molecule has 94 valence electrons. The SMILES string of the molecule is CCCC(C(=O)c1cc(Br)cs1)N1CCCC1. The van der Waals surface area contributed by atoms with Gasteiger partial charge < -0.3 is 0 Å². The zero-order chi connectivity index (χ0) is 12.3. The number of rotatable bonds is 5. The van der Waals surface area contributed by atoms with Crippen molar-refractivity contribution < 1.29 is 4.79 Å². The monoisotopic (exact) mass is 315 g/mol. The molecule has 4 heteroatoms. The second-order valence-corrected chi connectivity index (χ2v) is 6.37. The van der Waals surface area contributed by atoms with Crippen molar-refractivity contribution in [3.05, 3.63) is 20.8 Å². The number of thiophene rings is 1. The summed E-state index contributed by atoms with van der Waals surface area (Å²) in [6.07, 6.45) is 4.52. The van der Waals surface area contributed by atoms with Gasteiger partial charge in [0.15, 0.2) is 5.78 Å². The van der Waals surface area contributed by atoms with E-state index in [2.05, 4.69) is 27.8 Å². The summed E-state index contributed by atoms with van der Waals surface area (Å²) < 4.78 is 1.02. The number of nitrogens with zero attached hydrogens (tertiary/aromatic N) is 1. The summed E-state index contributed by atoms with van der Waals surface area (Å²) in [5.74, 6) is 0.310. The van der Waals surface area contributed by atoms with Gasteiger partial charge in [-0.15, -0.1) is 11.3 Å². The Morgan fingerprint density at radius 2 is 2.24 bits per heavy atom. The maximum atomic E-state index is 12.5. The molecule has 1 aliphatic rings. The van der Waals surface area contributed by atoms with Gasteiger partial charge in [-0.1, -0.05) is 13.3 Å². The molecule has 1 aliphatic heterocycles. The van der Waals surface area contributed by atoms with Gasteiger partial charge in [0.25, 0.3) is 0 Å². The highest BCUT2D eigenvalue weighted by Crippen LogP contribution is 2.25. The predicted octanol–water partition coefficient (Wildman–Crippen LogP) is 3.96. The van der Waals surface area contributed by atoms with E-state index >= 15 is 0 Å². The summed E-state index contributed by atoms with van der Waals surface area (Å²) in [5, 5.41) is 1.99. The fourth-order valence-corrected chi connectivity index (χ4v) is 3.83. The Kier molecular flexibility index (Phi) is 4.77. The Balaban J connectivity index is 2.12. The summed E-state index contributed by atoms with van der Waals surface area (Å²) >= 11 is 4.96. The molecule has 0 saturated carbocycles. The summed E-state index contributed by atoms with van der Waals surface area (Å²) in [6.45, 7) is 4.33. The molecule has 1 saturated heterocycles. The fraction of sp³-hybridized carbons (Fsp3) is 0.615. The number of ketones is 1. The third-order valence-corrected chi connectivity index (χ3v) is 4.96. The predicted molar refractivity (Wildman–Crippen MR) is 75.9 cm³/mol. The lowest BCUT2D eigenvalue weighted by molar-refractivity contribution is 0.0841. The topological polar surface area (TPSA) is 20.3 Å². The van der Waals surface area contributed by atoms with Gasteiger partial charge in [-0.25, -0.2) is 0 Å². The van der Waals surface area contributed by atoms with E-state index in [-0.39, 0.29) is 6.04 Å². The molecule has 0 radical (unpaired) electrons. The Hall–Kier alpha value is -0.190. The number of Topliss-reactive ketones (excluding diaryl/α,β-unsaturated/α-hetero) is 1. The van der Waals surface area contributed by atoms with Gasteiger partial charge >= 0.3 is 0 Å². The number of carbonyl (C=O) groups is 1. The van der Waals surface area contributed by atoms with Gasteiger partial charge in [0.05, 0.1) is 10.9 Å². The molecule has 1 fully saturated rings. The Morgan fingerprint density at radius 1 is 1.53 bits per heavy atom. The van der Waals surface area contributed by atoms with Crippen molar-refractivity contribution in [2.45, 2.75) is 38.6 Å². The average Bonchev–Trinajstić information content (AvgIpc) is 2.95. The third kappa shape index (κ3) is 3.18. The van der Waals surface area contributed by atoms with E-state index in [1.807, 2.05) is 11.4 Å². The Labute approximate surface area is 115 Å². The third-order valence-electron chi connectivity index (χ3n) is 3.26. The van der Waals surface area contributed by atoms with Crippen LogP contribution in [0.2, 0.25) is 0 Å². The summed E-state index contributed by atoms with van der Waals surface area (Å²) in [7, 11) is 0. The zero-order valence-corrected chi connectivity index (χ0v) is 12.5. The first kappa shape index (κ1) is 13.2. The number of likely N-dealkylation sites (tertiary alicyclic amines) is 1. The summed E-state index contributed by atoms with van der Waals surface area (Å²) in [5.41, 5.74) is 0. The van der Waals surface area contributed by atoms with Crippen LogP contribution in [0.1, 0.15) is 42.3 Å². The van der Waals surface area contributed by atoms with Crippen LogP contribution in [0, 0.1) is 0 Å². The maximum absolute atomic E-state index is 12.5. The molecule has 0 N–H and O–H groups in total. The highest BCUT2D eigenvalue weighted by Gasteiger charge is 2.28. The molecule has 1 atom stereocenters. The lowest BCUT2D eigenvalue weighted by atomic mass is 10.0. The Bertz CT molecular complexity index is 385. The minimum Gasteiger partial charge on any atom is -0.293 e. The molecule has 1 aromatic heterocycles. The standard InChI is InChI=1S/C13H18BrNOS/c1-2-5-11(15-6-3-4-7-15)13(16)12-8-10(14)9-17-12/h8-9,11H,2-7H2,1H3. The van der Waals surface area contributed by atoms with E-state index in [4.69, 9.17) is 0 Å². The molecule has 0 spiro atoms. The molecular weight excluding hydrogens is 298 g/mol. The van der Waals surface area contributed by atoms with E-state index in [0.717, 1.165) is 35.3 Å². The number of hydrogen-bond donors (Lipinski definition) is 0. The highest BCUT2D eigenvalue weighted by atomic mass is 79.9. The lowest BCUT2D eigenvalue weighted by Gasteiger charge is -2.25. The smallest absolute Gasteiger partial charge is 0.189 e. The fourth-order valence-electron chi connectivity index (χ4n) is 2.41. The molecule has 2 rings (SSSR count). The van der Waals surface area contributed by atoms with Crippen LogP contribution in [-0.4, -0.2) is 29.8 Å². The van der Waals surface area contributed by atoms with E-state index in [0.29, 0.717) is 5.78 Å². The molecule has 0 bridgehead atoms. The van der Waals surface area contributed by atoms with Gasteiger partial charge in [0.1, 0.15) is 0 Å². The van der Waals surface area contributed by atoms with Crippen LogP contribution in [-0.2, 0) is 0 Å². The van der Waals surface area contributed by atoms with Gasteiger partial charge in [-0.3, -0.25) is 9.69 Å². The molecule has 1 unspecified atom stereocenters. The molecule has 2 heterocycles. The van der Waals surface area contributed by atoms with Crippen LogP contribution in [0.3, 0.4) is 0 Å². The second-order valence-electron chi connectivity index (χ2n) is 4.54.